The van der Waals surface area contributed by atoms with Crippen LogP contribution in [0.4, 0.5) is 0 Å². The van der Waals surface area contributed by atoms with Gasteiger partial charge in [0.25, 0.3) is 5.56 Å². The van der Waals surface area contributed by atoms with Crippen LogP contribution in [0.2, 0.25) is 0 Å². The molecule has 0 aliphatic carbocycles. The smallest absolute Gasteiger partial charge is 0.255 e. The number of H-pyrrole nitrogens is 2. The highest BCUT2D eigenvalue weighted by Gasteiger charge is 2.23. The second-order valence-corrected chi connectivity index (χ2v) is 7.88. The van der Waals surface area contributed by atoms with Crippen LogP contribution in [0.15, 0.2) is 53.7 Å². The average Bonchev–Trinajstić information content (AvgIpc) is 3.32. The number of benzene rings is 1. The minimum absolute atomic E-state index is 0.0937. The van der Waals surface area contributed by atoms with Gasteiger partial charge in [0.05, 0.1) is 37.4 Å². The molecule has 5 rings (SSSR count). The van der Waals surface area contributed by atoms with Crippen molar-refractivity contribution in [3.05, 3.63) is 76.1 Å². The van der Waals surface area contributed by atoms with Gasteiger partial charge in [0.1, 0.15) is 5.82 Å². The molecule has 0 unspecified atom stereocenters. The molecule has 1 aromatic carbocycles. The number of nitrogens with one attached hydrogen (secondary N) is 2. The fourth-order valence-corrected chi connectivity index (χ4v) is 4.18. The van der Waals surface area contributed by atoms with E-state index in [1.807, 2.05) is 36.5 Å². The number of aromatic amines is 2. The van der Waals surface area contributed by atoms with E-state index in [2.05, 4.69) is 25.1 Å². The molecule has 2 N–H and O–H groups in total. The molecule has 33 heavy (non-hydrogen) atoms. The lowest BCUT2D eigenvalue weighted by Crippen LogP contribution is -2.35. The Bertz CT molecular complexity index is 1330. The minimum atomic E-state index is -0.0937. The Balaban J connectivity index is 1.38. The number of rotatable bonds is 6. The first-order valence-corrected chi connectivity index (χ1v) is 10.7. The van der Waals surface area contributed by atoms with Gasteiger partial charge in [0.15, 0.2) is 11.5 Å². The van der Waals surface area contributed by atoms with Crippen LogP contribution in [0.1, 0.15) is 16.8 Å². The molecule has 4 aromatic rings. The molecule has 0 fully saturated rings. The number of pyridine rings is 1. The maximum Gasteiger partial charge on any atom is 0.255 e. The highest BCUT2D eigenvalue weighted by atomic mass is 16.5. The summed E-state index contributed by atoms with van der Waals surface area (Å²) >= 11 is 0. The van der Waals surface area contributed by atoms with Crippen molar-refractivity contribution in [3.63, 3.8) is 0 Å². The van der Waals surface area contributed by atoms with Gasteiger partial charge in [-0.3, -0.25) is 19.8 Å². The van der Waals surface area contributed by atoms with Gasteiger partial charge in [-0.05, 0) is 30.3 Å². The lowest BCUT2D eigenvalue weighted by atomic mass is 10.0. The Labute approximate surface area is 190 Å². The highest BCUT2D eigenvalue weighted by molar-refractivity contribution is 5.66. The number of ether oxygens (including phenoxy) is 2. The zero-order chi connectivity index (χ0) is 22.8. The first-order valence-electron chi connectivity index (χ1n) is 10.7. The van der Waals surface area contributed by atoms with E-state index in [0.29, 0.717) is 36.8 Å². The summed E-state index contributed by atoms with van der Waals surface area (Å²) in [5, 5.41) is 7.36. The quantitative estimate of drug-likeness (QED) is 0.471. The van der Waals surface area contributed by atoms with E-state index in [-0.39, 0.29) is 5.56 Å². The van der Waals surface area contributed by atoms with Crippen molar-refractivity contribution in [2.24, 2.45) is 0 Å². The highest BCUT2D eigenvalue weighted by Crippen LogP contribution is 2.33. The Morgan fingerprint density at radius 1 is 1.06 bits per heavy atom. The van der Waals surface area contributed by atoms with Crippen LogP contribution in [0.3, 0.4) is 0 Å². The molecule has 1 aliphatic rings. The molecular formula is C24H24N6O3. The van der Waals surface area contributed by atoms with Gasteiger partial charge < -0.3 is 14.5 Å². The van der Waals surface area contributed by atoms with Gasteiger partial charge in [-0.25, -0.2) is 4.98 Å². The molecule has 3 aromatic heterocycles. The SMILES string of the molecule is COc1ccc(-c2[nH]ncc2CN2CCc3nc(-c4ccncc4)[nH]c(=O)c3C2)cc1OC. The van der Waals surface area contributed by atoms with Gasteiger partial charge in [-0.1, -0.05) is 0 Å². The van der Waals surface area contributed by atoms with Crippen LogP contribution in [-0.2, 0) is 19.5 Å². The molecule has 1 aliphatic heterocycles. The standard InChI is InChI=1S/C24H24N6O3/c1-32-20-4-3-16(11-21(20)33-2)22-17(12-26-29-22)13-30-10-7-19-18(14-30)24(31)28-23(27-19)15-5-8-25-9-6-15/h3-6,8-9,11-12H,7,10,13-14H2,1-2H3,(H,26,29)(H,27,28,31). The zero-order valence-corrected chi connectivity index (χ0v) is 18.5. The van der Waals surface area contributed by atoms with E-state index >= 15 is 0 Å². The maximum absolute atomic E-state index is 12.8. The van der Waals surface area contributed by atoms with Crippen LogP contribution in [0.25, 0.3) is 22.6 Å². The van der Waals surface area contributed by atoms with Crippen LogP contribution < -0.4 is 15.0 Å². The van der Waals surface area contributed by atoms with Crippen molar-refractivity contribution in [1.29, 1.82) is 0 Å². The Morgan fingerprint density at radius 2 is 1.88 bits per heavy atom. The predicted octanol–water partition coefficient (Wildman–Crippen LogP) is 2.80. The molecule has 168 valence electrons. The second kappa shape index (κ2) is 8.87. The molecule has 0 atom stereocenters. The van der Waals surface area contributed by atoms with Crippen LogP contribution in [0, 0.1) is 0 Å². The summed E-state index contributed by atoms with van der Waals surface area (Å²) in [6.45, 7) is 1.99. The topological polar surface area (TPSA) is 109 Å². The fourth-order valence-electron chi connectivity index (χ4n) is 4.18. The van der Waals surface area contributed by atoms with Crippen LogP contribution in [-0.4, -0.2) is 50.8 Å². The molecule has 0 saturated carbocycles. The zero-order valence-electron chi connectivity index (χ0n) is 18.5. The third kappa shape index (κ3) is 4.10. The monoisotopic (exact) mass is 444 g/mol. The molecule has 0 spiro atoms. The van der Waals surface area contributed by atoms with Gasteiger partial charge in [0, 0.05) is 55.1 Å². The van der Waals surface area contributed by atoms with Crippen molar-refractivity contribution in [2.75, 3.05) is 20.8 Å². The number of hydrogen-bond donors (Lipinski definition) is 2. The minimum Gasteiger partial charge on any atom is -0.493 e. The third-order valence-electron chi connectivity index (χ3n) is 5.89. The molecule has 9 nitrogen and oxygen atoms in total. The number of aromatic nitrogens is 5. The summed E-state index contributed by atoms with van der Waals surface area (Å²) in [6, 6.07) is 9.46. The van der Waals surface area contributed by atoms with E-state index in [0.717, 1.165) is 40.2 Å². The normalized spacial score (nSPS) is 13.5. The second-order valence-electron chi connectivity index (χ2n) is 7.88. The Hall–Kier alpha value is -3.98. The van der Waals surface area contributed by atoms with Crippen molar-refractivity contribution in [2.45, 2.75) is 19.5 Å². The van der Waals surface area contributed by atoms with E-state index in [4.69, 9.17) is 14.5 Å². The molecule has 0 saturated heterocycles. The summed E-state index contributed by atoms with van der Waals surface area (Å²) < 4.78 is 10.8. The molecule has 9 heteroatoms. The average molecular weight is 444 g/mol. The summed E-state index contributed by atoms with van der Waals surface area (Å²) in [4.78, 5) is 26.8. The van der Waals surface area contributed by atoms with E-state index < -0.39 is 0 Å². The van der Waals surface area contributed by atoms with E-state index in [1.165, 1.54) is 0 Å². The van der Waals surface area contributed by atoms with Crippen molar-refractivity contribution >= 4 is 0 Å². The van der Waals surface area contributed by atoms with Gasteiger partial charge >= 0.3 is 0 Å². The molecule has 0 amide bonds. The summed E-state index contributed by atoms with van der Waals surface area (Å²) in [6.07, 6.45) is 5.92. The number of fused-ring (bicyclic) bond motifs is 1. The van der Waals surface area contributed by atoms with Gasteiger partial charge in [-0.15, -0.1) is 0 Å². The van der Waals surface area contributed by atoms with Gasteiger partial charge in [0.2, 0.25) is 0 Å². The van der Waals surface area contributed by atoms with Crippen LogP contribution in [0.5, 0.6) is 11.5 Å². The molecule has 4 heterocycles. The Morgan fingerprint density at radius 3 is 2.67 bits per heavy atom. The fraction of sp³-hybridized carbons (Fsp3) is 0.250. The summed E-state index contributed by atoms with van der Waals surface area (Å²) in [5.74, 6) is 1.91. The summed E-state index contributed by atoms with van der Waals surface area (Å²) in [7, 11) is 3.23. The Kier molecular flexibility index (Phi) is 5.62. The third-order valence-corrected chi connectivity index (χ3v) is 5.89. The van der Waals surface area contributed by atoms with Gasteiger partial charge in [-0.2, -0.15) is 5.10 Å². The van der Waals surface area contributed by atoms with Crippen molar-refractivity contribution < 1.29 is 9.47 Å². The number of hydrogen-bond acceptors (Lipinski definition) is 7. The molecular weight excluding hydrogens is 420 g/mol. The predicted molar refractivity (Wildman–Crippen MR) is 123 cm³/mol. The largest absolute Gasteiger partial charge is 0.493 e. The number of nitrogens with zero attached hydrogens (tertiary/aromatic N) is 4. The number of methoxy groups -OCH3 is 2. The lowest BCUT2D eigenvalue weighted by molar-refractivity contribution is 0.242. The molecule has 0 radical (unpaired) electrons. The van der Waals surface area contributed by atoms with Crippen molar-refractivity contribution in [3.8, 4) is 34.1 Å². The first-order chi connectivity index (χ1) is 16.2. The first kappa shape index (κ1) is 20.9. The summed E-state index contributed by atoms with van der Waals surface area (Å²) in [5.41, 5.74) is 5.25. The van der Waals surface area contributed by atoms with E-state index in [1.54, 1.807) is 26.6 Å². The lowest BCUT2D eigenvalue weighted by Gasteiger charge is -2.27. The van der Waals surface area contributed by atoms with Crippen molar-refractivity contribution in [1.82, 2.24) is 30.0 Å². The van der Waals surface area contributed by atoms with E-state index in [9.17, 15) is 4.79 Å². The van der Waals surface area contributed by atoms with Crippen LogP contribution >= 0.6 is 0 Å². The maximum atomic E-state index is 12.8. The molecule has 0 bridgehead atoms.